The molecule has 1 aliphatic rings. The van der Waals surface area contributed by atoms with Crippen LogP contribution in [0.2, 0.25) is 0 Å². The summed E-state index contributed by atoms with van der Waals surface area (Å²) in [5.74, 6) is -3.02. The van der Waals surface area contributed by atoms with Crippen LogP contribution in [-0.2, 0) is 42.9 Å². The molecule has 0 amide bonds. The highest BCUT2D eigenvalue weighted by Gasteiger charge is 2.52. The van der Waals surface area contributed by atoms with Crippen LogP contribution >= 0.6 is 0 Å². The Morgan fingerprint density at radius 2 is 1.30 bits per heavy atom. The van der Waals surface area contributed by atoms with Crippen LogP contribution in [0, 0.1) is 5.41 Å². The van der Waals surface area contributed by atoms with Crippen molar-refractivity contribution in [3.8, 4) is 0 Å². The summed E-state index contributed by atoms with van der Waals surface area (Å²) in [6.07, 6.45) is -7.94. The predicted molar refractivity (Wildman–Crippen MR) is 86.8 cm³/mol. The van der Waals surface area contributed by atoms with Crippen LogP contribution in [-0.4, -0.2) is 61.3 Å². The van der Waals surface area contributed by atoms with Gasteiger partial charge in [-0.25, -0.2) is 4.39 Å². The van der Waals surface area contributed by atoms with Gasteiger partial charge in [0.25, 0.3) is 0 Å². The summed E-state index contributed by atoms with van der Waals surface area (Å²) in [6.45, 7) is 7.60. The molecule has 5 atom stereocenters. The summed E-state index contributed by atoms with van der Waals surface area (Å²) < 4.78 is 39.6. The molecule has 0 N–H and O–H groups in total. The van der Waals surface area contributed by atoms with Crippen molar-refractivity contribution in [2.24, 2.45) is 5.41 Å². The number of esters is 4. The van der Waals surface area contributed by atoms with Gasteiger partial charge in [0.15, 0.2) is 18.3 Å². The van der Waals surface area contributed by atoms with Crippen molar-refractivity contribution in [2.75, 3.05) is 6.61 Å². The van der Waals surface area contributed by atoms with Crippen molar-refractivity contribution >= 4 is 23.9 Å². The Labute approximate surface area is 156 Å². The van der Waals surface area contributed by atoms with Crippen molar-refractivity contribution in [3.63, 3.8) is 0 Å². The van der Waals surface area contributed by atoms with Crippen LogP contribution in [0.3, 0.4) is 0 Å². The Hall–Kier alpha value is -2.23. The lowest BCUT2D eigenvalue weighted by atomic mass is 9.97. The van der Waals surface area contributed by atoms with E-state index in [1.165, 1.54) is 0 Å². The third-order valence-electron chi connectivity index (χ3n) is 3.47. The van der Waals surface area contributed by atoms with Gasteiger partial charge in [-0.05, 0) is 20.8 Å². The van der Waals surface area contributed by atoms with E-state index in [4.69, 9.17) is 23.7 Å². The molecule has 1 heterocycles. The average molecular weight is 392 g/mol. The lowest BCUT2D eigenvalue weighted by Crippen LogP contribution is -2.61. The van der Waals surface area contributed by atoms with E-state index in [9.17, 15) is 23.6 Å². The van der Waals surface area contributed by atoms with Crippen molar-refractivity contribution in [1.29, 1.82) is 0 Å². The maximum Gasteiger partial charge on any atom is 0.311 e. The van der Waals surface area contributed by atoms with E-state index in [1.54, 1.807) is 20.8 Å². The van der Waals surface area contributed by atoms with Gasteiger partial charge in [-0.1, -0.05) is 0 Å². The van der Waals surface area contributed by atoms with Gasteiger partial charge in [0.05, 0.1) is 5.41 Å². The van der Waals surface area contributed by atoms with E-state index in [-0.39, 0.29) is 0 Å². The second-order valence-electron chi connectivity index (χ2n) is 7.10. The van der Waals surface area contributed by atoms with Crippen molar-refractivity contribution in [1.82, 2.24) is 0 Å². The van der Waals surface area contributed by atoms with E-state index in [0.29, 0.717) is 0 Å². The van der Waals surface area contributed by atoms with Crippen molar-refractivity contribution < 1.29 is 47.3 Å². The normalized spacial score (nSPS) is 28.0. The van der Waals surface area contributed by atoms with Crippen LogP contribution in [0.1, 0.15) is 41.5 Å². The fourth-order valence-corrected chi connectivity index (χ4v) is 2.35. The van der Waals surface area contributed by atoms with Gasteiger partial charge in [0.1, 0.15) is 12.7 Å². The van der Waals surface area contributed by atoms with Gasteiger partial charge in [-0.2, -0.15) is 0 Å². The Kier molecular flexibility index (Phi) is 7.70. The zero-order valence-corrected chi connectivity index (χ0v) is 16.1. The van der Waals surface area contributed by atoms with E-state index in [2.05, 4.69) is 0 Å². The first-order valence-corrected chi connectivity index (χ1v) is 8.31. The highest BCUT2D eigenvalue weighted by Crippen LogP contribution is 2.30. The zero-order chi connectivity index (χ0) is 20.9. The molecule has 0 aromatic rings. The zero-order valence-electron chi connectivity index (χ0n) is 16.1. The number of ether oxygens (including phenoxy) is 5. The predicted octanol–water partition coefficient (Wildman–Crippen LogP) is 1.07. The summed E-state index contributed by atoms with van der Waals surface area (Å²) >= 11 is 0. The second-order valence-corrected chi connectivity index (χ2v) is 7.10. The Morgan fingerprint density at radius 1 is 0.852 bits per heavy atom. The number of carbonyl (C=O) groups is 4. The third kappa shape index (κ3) is 6.78. The molecule has 27 heavy (non-hydrogen) atoms. The van der Waals surface area contributed by atoms with Gasteiger partial charge >= 0.3 is 23.9 Å². The highest BCUT2D eigenvalue weighted by atomic mass is 19.1. The van der Waals surface area contributed by atoms with Crippen LogP contribution < -0.4 is 0 Å². The van der Waals surface area contributed by atoms with Gasteiger partial charge in [-0.15, -0.1) is 0 Å². The Morgan fingerprint density at radius 3 is 1.74 bits per heavy atom. The Bertz CT molecular complexity index is 583. The molecule has 0 aromatic carbocycles. The van der Waals surface area contributed by atoms with Crippen LogP contribution in [0.15, 0.2) is 0 Å². The average Bonchev–Trinajstić information content (AvgIpc) is 2.49. The second kappa shape index (κ2) is 9.12. The summed E-state index contributed by atoms with van der Waals surface area (Å²) in [6, 6.07) is 0. The minimum absolute atomic E-state index is 0.459. The number of alkyl halides is 1. The fourth-order valence-electron chi connectivity index (χ4n) is 2.35. The lowest BCUT2D eigenvalue weighted by molar-refractivity contribution is -0.277. The number of hydrogen-bond acceptors (Lipinski definition) is 9. The summed E-state index contributed by atoms with van der Waals surface area (Å²) in [5, 5.41) is 0. The minimum atomic E-state index is -2.19. The minimum Gasteiger partial charge on any atom is -0.462 e. The summed E-state index contributed by atoms with van der Waals surface area (Å²) in [5.41, 5.74) is -0.823. The Balaban J connectivity index is 3.10. The molecule has 9 nitrogen and oxygen atoms in total. The SMILES string of the molecule is CC(=O)O[C@@H]1[C@@H](OC(C)=O)[C@H](F)O[C@H](COC(=O)C(C)(C)C)[C@@H]1OC(C)=O. The molecular formula is C17H25FO9. The molecule has 1 rings (SSSR count). The van der Waals surface area contributed by atoms with E-state index in [1.807, 2.05) is 0 Å². The van der Waals surface area contributed by atoms with E-state index < -0.39 is 66.7 Å². The fraction of sp³-hybridized carbons (Fsp3) is 0.765. The molecule has 10 heteroatoms. The molecule has 0 saturated carbocycles. The third-order valence-corrected chi connectivity index (χ3v) is 3.47. The van der Waals surface area contributed by atoms with Crippen molar-refractivity contribution in [3.05, 3.63) is 0 Å². The first-order valence-electron chi connectivity index (χ1n) is 8.31. The van der Waals surface area contributed by atoms with Gasteiger partial charge < -0.3 is 23.7 Å². The largest absolute Gasteiger partial charge is 0.462 e. The van der Waals surface area contributed by atoms with Crippen LogP contribution in [0.25, 0.3) is 0 Å². The summed E-state index contributed by atoms with van der Waals surface area (Å²) in [4.78, 5) is 46.1. The summed E-state index contributed by atoms with van der Waals surface area (Å²) in [7, 11) is 0. The molecule has 0 aromatic heterocycles. The molecular weight excluding hydrogens is 367 g/mol. The molecule has 0 spiro atoms. The van der Waals surface area contributed by atoms with E-state index in [0.717, 1.165) is 20.8 Å². The number of carbonyl (C=O) groups excluding carboxylic acids is 4. The molecule has 154 valence electrons. The van der Waals surface area contributed by atoms with Gasteiger partial charge in [-0.3, -0.25) is 19.2 Å². The van der Waals surface area contributed by atoms with Gasteiger partial charge in [0.2, 0.25) is 6.36 Å². The molecule has 0 unspecified atom stereocenters. The van der Waals surface area contributed by atoms with Crippen molar-refractivity contribution in [2.45, 2.75) is 72.3 Å². The molecule has 0 aliphatic carbocycles. The standard InChI is InChI=1S/C17H25FO9/c1-8(19)24-12-11(7-23-16(22)17(4,5)6)27-15(18)14(26-10(3)21)13(12)25-9(2)20/h11-15H,7H2,1-6H3/t11-,12+,13+,14-,15-/m1/s1. The molecule has 1 fully saturated rings. The molecule has 0 radical (unpaired) electrons. The molecule has 1 saturated heterocycles. The van der Waals surface area contributed by atoms with Crippen LogP contribution in [0.4, 0.5) is 4.39 Å². The number of halogens is 1. The maximum atomic E-state index is 14.5. The lowest BCUT2D eigenvalue weighted by Gasteiger charge is -2.41. The molecule has 0 bridgehead atoms. The quantitative estimate of drug-likeness (QED) is 0.500. The van der Waals surface area contributed by atoms with Crippen LogP contribution in [0.5, 0.6) is 0 Å². The monoisotopic (exact) mass is 392 g/mol. The van der Waals surface area contributed by atoms with E-state index >= 15 is 0 Å². The molecule has 1 aliphatic heterocycles. The first kappa shape index (κ1) is 22.8. The topological polar surface area (TPSA) is 114 Å². The first-order chi connectivity index (χ1) is 12.3. The maximum absolute atomic E-state index is 14.5. The van der Waals surface area contributed by atoms with Gasteiger partial charge in [0, 0.05) is 20.8 Å². The number of hydrogen-bond donors (Lipinski definition) is 0. The highest BCUT2D eigenvalue weighted by molar-refractivity contribution is 5.75. The smallest absolute Gasteiger partial charge is 0.311 e. The number of rotatable bonds is 5.